The Bertz CT molecular complexity index is 589. The summed E-state index contributed by atoms with van der Waals surface area (Å²) in [6.07, 6.45) is 4.24. The maximum Gasteiger partial charge on any atom is 0.219 e. The number of nitrogens with zero attached hydrogens (tertiary/aromatic N) is 2. The topological polar surface area (TPSA) is 35.6 Å². The molecule has 1 aliphatic rings. The molecule has 0 aromatic heterocycles. The van der Waals surface area contributed by atoms with Gasteiger partial charge in [-0.2, -0.15) is 0 Å². The Morgan fingerprint density at radius 3 is 2.36 bits per heavy atom. The highest BCUT2D eigenvalue weighted by atomic mass is 32.1. The Morgan fingerprint density at radius 2 is 1.84 bits per heavy atom. The quantitative estimate of drug-likeness (QED) is 0.801. The van der Waals surface area contributed by atoms with Crippen molar-refractivity contribution in [1.82, 2.24) is 9.80 Å². The van der Waals surface area contributed by atoms with Gasteiger partial charge in [-0.1, -0.05) is 19.4 Å². The van der Waals surface area contributed by atoms with Crippen LogP contribution < -0.4 is 5.32 Å². The number of carbonyl (C=O) groups is 1. The van der Waals surface area contributed by atoms with Gasteiger partial charge in [0.2, 0.25) is 5.91 Å². The van der Waals surface area contributed by atoms with Crippen molar-refractivity contribution in [2.24, 2.45) is 0 Å². The van der Waals surface area contributed by atoms with Gasteiger partial charge in [0, 0.05) is 38.3 Å². The van der Waals surface area contributed by atoms with Crippen molar-refractivity contribution in [2.75, 3.05) is 25.0 Å². The van der Waals surface area contributed by atoms with Crippen LogP contribution in [0.2, 0.25) is 0 Å². The van der Waals surface area contributed by atoms with Crippen molar-refractivity contribution in [2.45, 2.75) is 59.4 Å². The van der Waals surface area contributed by atoms with Crippen molar-refractivity contribution in [1.29, 1.82) is 0 Å². The maximum absolute atomic E-state index is 11.6. The minimum atomic E-state index is 0.175. The zero-order valence-electron chi connectivity index (χ0n) is 16.0. The molecule has 1 fully saturated rings. The molecule has 1 aromatic carbocycles. The van der Waals surface area contributed by atoms with E-state index in [0.29, 0.717) is 6.04 Å². The van der Waals surface area contributed by atoms with Crippen LogP contribution in [0, 0.1) is 13.8 Å². The van der Waals surface area contributed by atoms with Crippen LogP contribution in [0.25, 0.3) is 0 Å². The van der Waals surface area contributed by atoms with E-state index in [1.165, 1.54) is 11.1 Å². The number of likely N-dealkylation sites (tertiary alicyclic amines) is 1. The molecular formula is C20H31N3OS. The first kappa shape index (κ1) is 19.7. The maximum atomic E-state index is 11.6. The smallest absolute Gasteiger partial charge is 0.219 e. The molecule has 1 aromatic rings. The molecule has 5 heteroatoms. The SMILES string of the molecule is CCCCN(C(=S)Nc1cc(C)cc(C)c1)C1CCN(C(C)=O)CC1. The summed E-state index contributed by atoms with van der Waals surface area (Å²) in [6.45, 7) is 10.7. The number of anilines is 1. The Kier molecular flexibility index (Phi) is 7.24. The van der Waals surface area contributed by atoms with Gasteiger partial charge in [0.1, 0.15) is 0 Å². The van der Waals surface area contributed by atoms with Crippen LogP contribution in [-0.2, 0) is 4.79 Å². The second-order valence-corrected chi connectivity index (χ2v) is 7.48. The van der Waals surface area contributed by atoms with Crippen molar-refractivity contribution in [3.05, 3.63) is 29.3 Å². The number of unbranched alkanes of at least 4 members (excludes halogenated alkanes) is 1. The molecule has 1 heterocycles. The summed E-state index contributed by atoms with van der Waals surface area (Å²) >= 11 is 5.75. The molecule has 0 saturated carbocycles. The van der Waals surface area contributed by atoms with Gasteiger partial charge in [-0.05, 0) is 68.6 Å². The molecule has 1 aliphatic heterocycles. The van der Waals surface area contributed by atoms with Gasteiger partial charge < -0.3 is 15.1 Å². The monoisotopic (exact) mass is 361 g/mol. The largest absolute Gasteiger partial charge is 0.346 e. The van der Waals surface area contributed by atoms with Gasteiger partial charge in [-0.25, -0.2) is 0 Å². The number of benzene rings is 1. The van der Waals surface area contributed by atoms with Crippen LogP contribution in [-0.4, -0.2) is 46.5 Å². The fourth-order valence-corrected chi connectivity index (χ4v) is 3.87. The lowest BCUT2D eigenvalue weighted by Gasteiger charge is -2.39. The fraction of sp³-hybridized carbons (Fsp3) is 0.600. The molecule has 4 nitrogen and oxygen atoms in total. The van der Waals surface area contributed by atoms with Gasteiger partial charge in [0.05, 0.1) is 0 Å². The first-order valence-electron chi connectivity index (χ1n) is 9.32. The van der Waals surface area contributed by atoms with E-state index in [1.807, 2.05) is 4.90 Å². The molecule has 0 atom stereocenters. The average Bonchev–Trinajstić information content (AvgIpc) is 2.54. The summed E-state index contributed by atoms with van der Waals surface area (Å²) in [6, 6.07) is 6.85. The van der Waals surface area contributed by atoms with Crippen LogP contribution >= 0.6 is 12.2 Å². The highest BCUT2D eigenvalue weighted by Gasteiger charge is 2.27. The van der Waals surface area contributed by atoms with E-state index in [4.69, 9.17) is 12.2 Å². The third-order valence-electron chi connectivity index (χ3n) is 4.84. The third kappa shape index (κ3) is 5.70. The van der Waals surface area contributed by atoms with Gasteiger partial charge >= 0.3 is 0 Å². The third-order valence-corrected chi connectivity index (χ3v) is 5.17. The number of hydrogen-bond acceptors (Lipinski definition) is 2. The highest BCUT2D eigenvalue weighted by molar-refractivity contribution is 7.80. The predicted molar refractivity (Wildman–Crippen MR) is 109 cm³/mol. The number of amides is 1. The number of aryl methyl sites for hydroxylation is 2. The fourth-order valence-electron chi connectivity index (χ4n) is 3.51. The van der Waals surface area contributed by atoms with E-state index in [2.05, 4.69) is 49.2 Å². The molecule has 1 N–H and O–H groups in total. The molecule has 2 rings (SSSR count). The van der Waals surface area contributed by atoms with E-state index >= 15 is 0 Å². The van der Waals surface area contributed by atoms with Crippen molar-refractivity contribution in [3.8, 4) is 0 Å². The lowest BCUT2D eigenvalue weighted by molar-refractivity contribution is -0.130. The first-order chi connectivity index (χ1) is 11.9. The summed E-state index contributed by atoms with van der Waals surface area (Å²) in [5.41, 5.74) is 3.53. The normalized spacial score (nSPS) is 15.1. The lowest BCUT2D eigenvalue weighted by atomic mass is 10.0. The lowest BCUT2D eigenvalue weighted by Crippen LogP contribution is -2.49. The second-order valence-electron chi connectivity index (χ2n) is 7.09. The minimum Gasteiger partial charge on any atom is -0.346 e. The van der Waals surface area contributed by atoms with Gasteiger partial charge in [-0.3, -0.25) is 4.79 Å². The number of hydrogen-bond donors (Lipinski definition) is 1. The summed E-state index contributed by atoms with van der Waals surface area (Å²) < 4.78 is 0. The van der Waals surface area contributed by atoms with Crippen molar-refractivity contribution >= 4 is 28.9 Å². The van der Waals surface area contributed by atoms with Crippen LogP contribution in [0.3, 0.4) is 0 Å². The van der Waals surface area contributed by atoms with Crippen LogP contribution in [0.5, 0.6) is 0 Å². The summed E-state index contributed by atoms with van der Waals surface area (Å²) in [5.74, 6) is 0.175. The standard InChI is InChI=1S/C20H31N3OS/c1-5-6-9-23(19-7-10-22(11-8-19)17(4)24)20(25)21-18-13-15(2)12-16(3)14-18/h12-14,19H,5-11H2,1-4H3,(H,21,25). The predicted octanol–water partition coefficient (Wildman–Crippen LogP) is 4.11. The Labute approximate surface area is 157 Å². The molecule has 138 valence electrons. The molecule has 1 saturated heterocycles. The summed E-state index contributed by atoms with van der Waals surface area (Å²) in [5, 5.41) is 4.25. The number of rotatable bonds is 5. The first-order valence-corrected chi connectivity index (χ1v) is 9.73. The van der Waals surface area contributed by atoms with Gasteiger partial charge in [-0.15, -0.1) is 0 Å². The summed E-state index contributed by atoms with van der Waals surface area (Å²) in [4.78, 5) is 15.8. The average molecular weight is 362 g/mol. The van der Waals surface area contributed by atoms with E-state index in [1.54, 1.807) is 6.92 Å². The number of carbonyl (C=O) groups excluding carboxylic acids is 1. The van der Waals surface area contributed by atoms with Gasteiger partial charge in [0.25, 0.3) is 0 Å². The van der Waals surface area contributed by atoms with Crippen LogP contribution in [0.4, 0.5) is 5.69 Å². The molecule has 0 radical (unpaired) electrons. The second kappa shape index (κ2) is 9.18. The zero-order chi connectivity index (χ0) is 18.4. The minimum absolute atomic E-state index is 0.175. The summed E-state index contributed by atoms with van der Waals surface area (Å²) in [7, 11) is 0. The Morgan fingerprint density at radius 1 is 1.24 bits per heavy atom. The molecule has 25 heavy (non-hydrogen) atoms. The van der Waals surface area contributed by atoms with Crippen LogP contribution in [0.15, 0.2) is 18.2 Å². The number of thiocarbonyl (C=S) groups is 1. The molecule has 0 bridgehead atoms. The highest BCUT2D eigenvalue weighted by Crippen LogP contribution is 2.20. The van der Waals surface area contributed by atoms with E-state index < -0.39 is 0 Å². The Balaban J connectivity index is 2.05. The van der Waals surface area contributed by atoms with E-state index in [9.17, 15) is 4.79 Å². The number of piperidine rings is 1. The van der Waals surface area contributed by atoms with E-state index in [-0.39, 0.29) is 5.91 Å². The zero-order valence-corrected chi connectivity index (χ0v) is 16.8. The van der Waals surface area contributed by atoms with Crippen molar-refractivity contribution < 1.29 is 4.79 Å². The number of nitrogens with one attached hydrogen (secondary N) is 1. The molecule has 0 aliphatic carbocycles. The van der Waals surface area contributed by atoms with Gasteiger partial charge in [0.15, 0.2) is 5.11 Å². The van der Waals surface area contributed by atoms with Crippen LogP contribution in [0.1, 0.15) is 50.7 Å². The molecule has 1 amide bonds. The molecule has 0 spiro atoms. The van der Waals surface area contributed by atoms with Crippen molar-refractivity contribution in [3.63, 3.8) is 0 Å². The van der Waals surface area contributed by atoms with E-state index in [0.717, 1.165) is 56.1 Å². The molecular weight excluding hydrogens is 330 g/mol. The molecule has 0 unspecified atom stereocenters. The Hall–Kier alpha value is -1.62.